The lowest BCUT2D eigenvalue weighted by Crippen LogP contribution is -1.81. The Morgan fingerprint density at radius 2 is 2.11 bits per heavy atom. The van der Waals surface area contributed by atoms with Gasteiger partial charge in [-0.3, -0.25) is 4.98 Å². The minimum atomic E-state index is 0.826. The Morgan fingerprint density at radius 1 is 1.22 bits per heavy atom. The number of aromatic nitrogens is 2. The molecule has 5 heteroatoms. The predicted octanol–water partition coefficient (Wildman–Crippen LogP) is 4.13. The van der Waals surface area contributed by atoms with Gasteiger partial charge in [-0.05, 0) is 34.1 Å². The molecule has 18 heavy (non-hydrogen) atoms. The minimum absolute atomic E-state index is 0.826. The third-order valence-corrected chi connectivity index (χ3v) is 4.07. The van der Waals surface area contributed by atoms with Gasteiger partial charge >= 0.3 is 0 Å². The Morgan fingerprint density at radius 3 is 2.89 bits per heavy atom. The summed E-state index contributed by atoms with van der Waals surface area (Å²) in [5, 5.41) is 0.965. The van der Waals surface area contributed by atoms with E-state index in [1.807, 2.05) is 30.5 Å². The molecule has 2 aromatic heterocycles. The van der Waals surface area contributed by atoms with Gasteiger partial charge in [0.25, 0.3) is 0 Å². The molecule has 0 amide bonds. The van der Waals surface area contributed by atoms with Gasteiger partial charge in [0.15, 0.2) is 0 Å². The average Bonchev–Trinajstić information content (AvgIpc) is 2.81. The fourth-order valence-electron chi connectivity index (χ4n) is 1.69. The zero-order valence-corrected chi connectivity index (χ0v) is 12.0. The van der Waals surface area contributed by atoms with Gasteiger partial charge in [0.1, 0.15) is 10.8 Å². The number of thiazole rings is 1. The minimum Gasteiger partial charge on any atom is -0.497 e. The first-order chi connectivity index (χ1) is 8.76. The molecule has 0 saturated carbocycles. The highest BCUT2D eigenvalue weighted by atomic mass is 79.9. The number of nitrogens with zero attached hydrogens (tertiary/aromatic N) is 2. The predicted molar refractivity (Wildman–Crippen MR) is 77.1 cm³/mol. The molecule has 3 rings (SSSR count). The van der Waals surface area contributed by atoms with Crippen LogP contribution in [0.5, 0.6) is 5.75 Å². The van der Waals surface area contributed by atoms with Crippen molar-refractivity contribution in [2.24, 2.45) is 0 Å². The molecule has 0 spiro atoms. The number of benzene rings is 1. The van der Waals surface area contributed by atoms with Crippen LogP contribution < -0.4 is 4.74 Å². The van der Waals surface area contributed by atoms with E-state index in [1.54, 1.807) is 24.6 Å². The summed E-state index contributed by atoms with van der Waals surface area (Å²) in [5.74, 6) is 0.826. The highest BCUT2D eigenvalue weighted by Gasteiger charge is 2.07. The van der Waals surface area contributed by atoms with Gasteiger partial charge in [-0.25, -0.2) is 4.98 Å². The van der Waals surface area contributed by atoms with Crippen LogP contribution in [0.15, 0.2) is 41.1 Å². The van der Waals surface area contributed by atoms with Gasteiger partial charge < -0.3 is 4.74 Å². The number of rotatable bonds is 2. The number of hydrogen-bond acceptors (Lipinski definition) is 4. The maximum atomic E-state index is 5.20. The van der Waals surface area contributed by atoms with E-state index < -0.39 is 0 Å². The molecule has 0 N–H and O–H groups in total. The van der Waals surface area contributed by atoms with E-state index in [0.29, 0.717) is 0 Å². The maximum Gasteiger partial charge on any atom is 0.126 e. The smallest absolute Gasteiger partial charge is 0.126 e. The average molecular weight is 321 g/mol. The van der Waals surface area contributed by atoms with Crippen LogP contribution in [-0.2, 0) is 0 Å². The van der Waals surface area contributed by atoms with Gasteiger partial charge in [0.2, 0.25) is 0 Å². The molecular weight excluding hydrogens is 312 g/mol. The van der Waals surface area contributed by atoms with E-state index in [9.17, 15) is 0 Å². The van der Waals surface area contributed by atoms with Crippen LogP contribution in [0.3, 0.4) is 0 Å². The summed E-state index contributed by atoms with van der Waals surface area (Å²) in [6.45, 7) is 0. The number of ether oxygens (including phenoxy) is 1. The second-order valence-corrected chi connectivity index (χ2v) is 5.69. The van der Waals surface area contributed by atoms with E-state index >= 15 is 0 Å². The van der Waals surface area contributed by atoms with Crippen LogP contribution in [0.25, 0.3) is 20.8 Å². The van der Waals surface area contributed by atoms with Crippen molar-refractivity contribution in [1.82, 2.24) is 9.97 Å². The topological polar surface area (TPSA) is 35.0 Å². The molecule has 3 aromatic rings. The molecule has 0 saturated heterocycles. The van der Waals surface area contributed by atoms with Gasteiger partial charge in [0.05, 0.1) is 17.3 Å². The van der Waals surface area contributed by atoms with Crippen molar-refractivity contribution in [3.05, 3.63) is 41.1 Å². The first-order valence-corrected chi connectivity index (χ1v) is 6.93. The van der Waals surface area contributed by atoms with Gasteiger partial charge in [-0.1, -0.05) is 0 Å². The lowest BCUT2D eigenvalue weighted by molar-refractivity contribution is 0.415. The molecule has 0 radical (unpaired) electrons. The summed E-state index contributed by atoms with van der Waals surface area (Å²) in [6.07, 6.45) is 3.58. The van der Waals surface area contributed by atoms with E-state index in [4.69, 9.17) is 4.74 Å². The monoisotopic (exact) mass is 320 g/mol. The van der Waals surface area contributed by atoms with Crippen LogP contribution in [-0.4, -0.2) is 17.1 Å². The molecule has 0 atom stereocenters. The summed E-state index contributed by atoms with van der Waals surface area (Å²) in [5.41, 5.74) is 1.97. The van der Waals surface area contributed by atoms with Crippen molar-refractivity contribution >= 4 is 37.5 Å². The third-order valence-electron chi connectivity index (χ3n) is 2.55. The van der Waals surface area contributed by atoms with Crippen molar-refractivity contribution in [2.45, 2.75) is 0 Å². The number of pyridine rings is 1. The van der Waals surface area contributed by atoms with Crippen LogP contribution in [0, 0.1) is 0 Å². The summed E-state index contributed by atoms with van der Waals surface area (Å²) in [6, 6.07) is 7.94. The van der Waals surface area contributed by atoms with Crippen molar-refractivity contribution in [3.63, 3.8) is 0 Å². The number of methoxy groups -OCH3 is 1. The Hall–Kier alpha value is -1.46. The van der Waals surface area contributed by atoms with E-state index in [1.165, 1.54) is 0 Å². The molecule has 0 aliphatic rings. The fourth-order valence-corrected chi connectivity index (χ4v) is 2.98. The lowest BCUT2D eigenvalue weighted by atomic mass is 10.3. The van der Waals surface area contributed by atoms with Crippen molar-refractivity contribution in [2.75, 3.05) is 7.11 Å². The van der Waals surface area contributed by atoms with E-state index in [2.05, 4.69) is 25.9 Å². The van der Waals surface area contributed by atoms with Crippen LogP contribution in [0.2, 0.25) is 0 Å². The zero-order chi connectivity index (χ0) is 12.5. The van der Waals surface area contributed by atoms with Crippen LogP contribution in [0.1, 0.15) is 0 Å². The molecular formula is C13H9BrN2OS. The van der Waals surface area contributed by atoms with E-state index in [0.717, 1.165) is 31.0 Å². The molecule has 1 aromatic carbocycles. The second-order valence-electron chi connectivity index (χ2n) is 3.74. The molecule has 0 fully saturated rings. The quantitative estimate of drug-likeness (QED) is 0.712. The largest absolute Gasteiger partial charge is 0.497 e. The van der Waals surface area contributed by atoms with Gasteiger partial charge in [-0.15, -0.1) is 11.3 Å². The molecule has 3 nitrogen and oxygen atoms in total. The van der Waals surface area contributed by atoms with Crippen LogP contribution >= 0.6 is 27.3 Å². The van der Waals surface area contributed by atoms with Gasteiger partial charge in [-0.2, -0.15) is 0 Å². The maximum absolute atomic E-state index is 5.20. The molecule has 0 unspecified atom stereocenters. The second kappa shape index (κ2) is 4.66. The number of fused-ring (bicyclic) bond motifs is 1. The Kier molecular flexibility index (Phi) is 3.01. The zero-order valence-electron chi connectivity index (χ0n) is 9.55. The van der Waals surface area contributed by atoms with E-state index in [-0.39, 0.29) is 0 Å². The van der Waals surface area contributed by atoms with Crippen LogP contribution in [0.4, 0.5) is 0 Å². The Balaban J connectivity index is 2.13. The number of halogens is 1. The molecule has 90 valence electrons. The highest BCUT2D eigenvalue weighted by molar-refractivity contribution is 9.10. The molecule has 0 aliphatic carbocycles. The highest BCUT2D eigenvalue weighted by Crippen LogP contribution is 2.32. The Bertz CT molecular complexity index is 711. The SMILES string of the molecule is COc1ccc2sc(-c3cncc(Br)c3)nc2c1. The first kappa shape index (κ1) is 11.6. The third kappa shape index (κ3) is 2.11. The fraction of sp³-hybridized carbons (Fsp3) is 0.0769. The lowest BCUT2D eigenvalue weighted by Gasteiger charge is -1.96. The van der Waals surface area contributed by atoms with Gasteiger partial charge in [0, 0.05) is 28.5 Å². The van der Waals surface area contributed by atoms with Crippen molar-refractivity contribution in [1.29, 1.82) is 0 Å². The molecule has 2 heterocycles. The first-order valence-electron chi connectivity index (χ1n) is 5.32. The molecule has 0 aliphatic heterocycles. The van der Waals surface area contributed by atoms with Crippen molar-refractivity contribution < 1.29 is 4.74 Å². The summed E-state index contributed by atoms with van der Waals surface area (Å²) < 4.78 is 7.30. The van der Waals surface area contributed by atoms with Crippen molar-refractivity contribution in [3.8, 4) is 16.3 Å². The summed E-state index contributed by atoms with van der Waals surface area (Å²) in [7, 11) is 1.66. The number of hydrogen-bond donors (Lipinski definition) is 0. The summed E-state index contributed by atoms with van der Waals surface area (Å²) in [4.78, 5) is 8.77. The standard InChI is InChI=1S/C13H9BrN2OS/c1-17-10-2-3-12-11(5-10)16-13(18-12)8-4-9(14)7-15-6-8/h2-7H,1H3. The Labute approximate surface area is 117 Å². The summed E-state index contributed by atoms with van der Waals surface area (Å²) >= 11 is 5.07. The normalized spacial score (nSPS) is 10.8. The molecule has 0 bridgehead atoms.